The summed E-state index contributed by atoms with van der Waals surface area (Å²) in [5.41, 5.74) is -0.555. The summed E-state index contributed by atoms with van der Waals surface area (Å²) in [5.74, 6) is 0.245. The Bertz CT molecular complexity index is 1120. The van der Waals surface area contributed by atoms with Gasteiger partial charge < -0.3 is 10.1 Å². The van der Waals surface area contributed by atoms with Gasteiger partial charge in [0, 0.05) is 26.2 Å². The number of benzene rings is 2. The molecule has 0 aromatic heterocycles. The summed E-state index contributed by atoms with van der Waals surface area (Å²) in [7, 11) is -2.02. The predicted molar refractivity (Wildman–Crippen MR) is 117 cm³/mol. The third kappa shape index (κ3) is 3.96. The molecule has 2 fully saturated rings. The average molecular weight is 459 g/mol. The third-order valence-electron chi connectivity index (χ3n) is 5.98. The second kappa shape index (κ2) is 8.53. The number of methoxy groups -OCH3 is 1. The van der Waals surface area contributed by atoms with Crippen LogP contribution in [0.2, 0.25) is 0 Å². The molecule has 3 amide bonds. The van der Waals surface area contributed by atoms with Gasteiger partial charge in [-0.1, -0.05) is 30.3 Å². The molecule has 170 valence electrons. The second-order valence-corrected chi connectivity index (χ2v) is 9.93. The Morgan fingerprint density at radius 3 is 2.34 bits per heavy atom. The first kappa shape index (κ1) is 22.3. The van der Waals surface area contributed by atoms with E-state index in [1.807, 2.05) is 4.90 Å². The molecule has 0 bridgehead atoms. The van der Waals surface area contributed by atoms with Crippen LogP contribution in [0.3, 0.4) is 0 Å². The molecule has 2 saturated heterocycles. The molecule has 4 rings (SSSR count). The van der Waals surface area contributed by atoms with Gasteiger partial charge in [-0.25, -0.2) is 18.1 Å². The maximum absolute atomic E-state index is 13.2. The molecule has 0 saturated carbocycles. The monoisotopic (exact) mass is 458 g/mol. The van der Waals surface area contributed by atoms with E-state index in [0.717, 1.165) is 0 Å². The fourth-order valence-electron chi connectivity index (χ4n) is 4.01. The Hall–Kier alpha value is -2.95. The first-order valence-corrected chi connectivity index (χ1v) is 11.8. The van der Waals surface area contributed by atoms with Crippen molar-refractivity contribution in [2.45, 2.75) is 17.4 Å². The number of hydrogen-bond donors (Lipinski definition) is 1. The van der Waals surface area contributed by atoms with Crippen LogP contribution in [-0.2, 0) is 20.4 Å². The zero-order valence-electron chi connectivity index (χ0n) is 18.0. The lowest BCUT2D eigenvalue weighted by molar-refractivity contribution is -0.132. The number of urea groups is 1. The van der Waals surface area contributed by atoms with E-state index in [1.165, 1.54) is 9.21 Å². The Morgan fingerprint density at radius 1 is 1.00 bits per heavy atom. The Morgan fingerprint density at radius 2 is 1.69 bits per heavy atom. The molecule has 2 aliphatic rings. The molecule has 10 heteroatoms. The highest BCUT2D eigenvalue weighted by molar-refractivity contribution is 7.89. The Balaban J connectivity index is 1.42. The van der Waals surface area contributed by atoms with Gasteiger partial charge in [-0.05, 0) is 36.8 Å². The van der Waals surface area contributed by atoms with Gasteiger partial charge in [0.1, 0.15) is 11.3 Å². The molecule has 2 aliphatic heterocycles. The molecule has 2 aromatic carbocycles. The molecule has 1 atom stereocenters. The van der Waals surface area contributed by atoms with Gasteiger partial charge in [0.25, 0.3) is 5.91 Å². The van der Waals surface area contributed by atoms with Gasteiger partial charge >= 0.3 is 6.03 Å². The van der Waals surface area contributed by atoms with E-state index in [9.17, 15) is 18.0 Å². The predicted octanol–water partition coefficient (Wildman–Crippen LogP) is 1.43. The molecular formula is C22H26N4O5S. The number of hydrogen-bond acceptors (Lipinski definition) is 6. The highest BCUT2D eigenvalue weighted by Gasteiger charge is 2.49. The minimum Gasteiger partial charge on any atom is -0.497 e. The first-order valence-electron chi connectivity index (χ1n) is 10.3. The molecule has 0 spiro atoms. The fraction of sp³-hybridized carbons (Fsp3) is 0.364. The Kier molecular flexibility index (Phi) is 5.93. The van der Waals surface area contributed by atoms with Crippen molar-refractivity contribution in [1.29, 1.82) is 0 Å². The van der Waals surface area contributed by atoms with E-state index in [2.05, 4.69) is 5.32 Å². The van der Waals surface area contributed by atoms with Crippen molar-refractivity contribution in [3.63, 3.8) is 0 Å². The van der Waals surface area contributed by atoms with Gasteiger partial charge in [0.15, 0.2) is 0 Å². The summed E-state index contributed by atoms with van der Waals surface area (Å²) in [4.78, 5) is 29.2. The number of nitrogens with zero attached hydrogens (tertiary/aromatic N) is 3. The van der Waals surface area contributed by atoms with Crippen LogP contribution >= 0.6 is 0 Å². The number of ether oxygens (including phenoxy) is 1. The van der Waals surface area contributed by atoms with Crippen molar-refractivity contribution in [2.75, 3.05) is 40.0 Å². The Labute approximate surface area is 187 Å². The molecule has 0 aliphatic carbocycles. The van der Waals surface area contributed by atoms with Gasteiger partial charge in [-0.2, -0.15) is 4.31 Å². The van der Waals surface area contributed by atoms with Crippen molar-refractivity contribution < 1.29 is 22.7 Å². The smallest absolute Gasteiger partial charge is 0.326 e. The quantitative estimate of drug-likeness (QED) is 0.658. The lowest BCUT2D eigenvalue weighted by Gasteiger charge is -2.35. The van der Waals surface area contributed by atoms with Crippen molar-refractivity contribution in [1.82, 2.24) is 19.4 Å². The van der Waals surface area contributed by atoms with Crippen molar-refractivity contribution >= 4 is 22.0 Å². The van der Waals surface area contributed by atoms with E-state index in [0.29, 0.717) is 24.4 Å². The summed E-state index contributed by atoms with van der Waals surface area (Å²) in [6.45, 7) is 3.18. The molecule has 2 aromatic rings. The highest BCUT2D eigenvalue weighted by atomic mass is 32.2. The minimum atomic E-state index is -3.56. The highest BCUT2D eigenvalue weighted by Crippen LogP contribution is 2.31. The van der Waals surface area contributed by atoms with Crippen LogP contribution in [0, 0.1) is 0 Å². The standard InChI is InChI=1S/C22H26N4O5S/c1-22(17-7-6-8-18(15-17)31-2)20(27)26(21(28)23-22)16-24-11-13-25(14-12-24)32(29,30)19-9-4-3-5-10-19/h3-10,15H,11-14,16H2,1-2H3,(H,23,28)/t22-/m0/s1. The van der Waals surface area contributed by atoms with Gasteiger partial charge in [0.05, 0.1) is 18.7 Å². The van der Waals surface area contributed by atoms with E-state index in [-0.39, 0.29) is 30.6 Å². The van der Waals surface area contributed by atoms with Crippen LogP contribution in [0.15, 0.2) is 59.5 Å². The van der Waals surface area contributed by atoms with E-state index in [4.69, 9.17) is 4.74 Å². The molecule has 1 N–H and O–H groups in total. The van der Waals surface area contributed by atoms with Gasteiger partial charge in [0.2, 0.25) is 10.0 Å². The average Bonchev–Trinajstić information content (AvgIpc) is 3.04. The lowest BCUT2D eigenvalue weighted by atomic mass is 9.92. The molecule has 0 radical (unpaired) electrons. The van der Waals surface area contributed by atoms with Crippen LogP contribution in [0.4, 0.5) is 4.79 Å². The SMILES string of the molecule is COc1cccc([C@]2(C)NC(=O)N(CN3CCN(S(=O)(=O)c4ccccc4)CC3)C2=O)c1. The number of amides is 3. The summed E-state index contributed by atoms with van der Waals surface area (Å²) in [5, 5.41) is 2.79. The van der Waals surface area contributed by atoms with Crippen LogP contribution in [0.25, 0.3) is 0 Å². The number of carbonyl (C=O) groups excluding carboxylic acids is 2. The zero-order valence-corrected chi connectivity index (χ0v) is 18.8. The van der Waals surface area contributed by atoms with Gasteiger partial charge in [-0.15, -0.1) is 0 Å². The normalized spacial score (nSPS) is 22.8. The number of piperazine rings is 1. The van der Waals surface area contributed by atoms with Crippen LogP contribution < -0.4 is 10.1 Å². The summed E-state index contributed by atoms with van der Waals surface area (Å²) < 4.78 is 32.3. The van der Waals surface area contributed by atoms with E-state index in [1.54, 1.807) is 68.6 Å². The van der Waals surface area contributed by atoms with Crippen molar-refractivity contribution in [3.8, 4) is 5.75 Å². The first-order chi connectivity index (χ1) is 15.3. The lowest BCUT2D eigenvalue weighted by Crippen LogP contribution is -2.52. The number of nitrogens with one attached hydrogen (secondary N) is 1. The molecule has 32 heavy (non-hydrogen) atoms. The van der Waals surface area contributed by atoms with Crippen LogP contribution in [0.5, 0.6) is 5.75 Å². The van der Waals surface area contributed by atoms with Gasteiger partial charge in [-0.3, -0.25) is 9.69 Å². The summed E-state index contributed by atoms with van der Waals surface area (Å²) in [6, 6.07) is 14.9. The van der Waals surface area contributed by atoms with E-state index < -0.39 is 21.6 Å². The molecule has 0 unspecified atom stereocenters. The minimum absolute atomic E-state index is 0.101. The largest absolute Gasteiger partial charge is 0.497 e. The van der Waals surface area contributed by atoms with Crippen LogP contribution in [0.1, 0.15) is 12.5 Å². The third-order valence-corrected chi connectivity index (χ3v) is 7.89. The molecule has 2 heterocycles. The molecule has 9 nitrogen and oxygen atoms in total. The number of imide groups is 1. The number of carbonyl (C=O) groups is 2. The molecular weight excluding hydrogens is 432 g/mol. The number of rotatable bonds is 6. The zero-order chi connectivity index (χ0) is 22.9. The maximum atomic E-state index is 13.2. The second-order valence-electron chi connectivity index (χ2n) is 8.00. The van der Waals surface area contributed by atoms with Crippen molar-refractivity contribution in [3.05, 3.63) is 60.2 Å². The van der Waals surface area contributed by atoms with Crippen molar-refractivity contribution in [2.24, 2.45) is 0 Å². The maximum Gasteiger partial charge on any atom is 0.326 e. The summed E-state index contributed by atoms with van der Waals surface area (Å²) in [6.07, 6.45) is 0. The fourth-order valence-corrected chi connectivity index (χ4v) is 5.45. The van der Waals surface area contributed by atoms with E-state index >= 15 is 0 Å². The van der Waals surface area contributed by atoms with Crippen LogP contribution in [-0.4, -0.2) is 74.4 Å². The summed E-state index contributed by atoms with van der Waals surface area (Å²) >= 11 is 0. The number of sulfonamides is 1. The topological polar surface area (TPSA) is 99.3 Å².